The van der Waals surface area contributed by atoms with E-state index in [1.165, 1.54) is 4.31 Å². The zero-order chi connectivity index (χ0) is 17.3. The number of benzene rings is 2. The highest BCUT2D eigenvalue weighted by atomic mass is 32.2. The molecule has 6 heteroatoms. The van der Waals surface area contributed by atoms with Crippen LogP contribution in [0.15, 0.2) is 47.4 Å². The number of sulfonamides is 1. The Morgan fingerprint density at radius 2 is 1.96 bits per heavy atom. The molecular weight excluding hydrogens is 324 g/mol. The Bertz CT molecular complexity index is 891. The molecule has 0 radical (unpaired) electrons. The van der Waals surface area contributed by atoms with Gasteiger partial charge < -0.3 is 5.32 Å². The predicted octanol–water partition coefficient (Wildman–Crippen LogP) is 2.50. The average Bonchev–Trinajstić information content (AvgIpc) is 2.99. The monoisotopic (exact) mass is 344 g/mol. The summed E-state index contributed by atoms with van der Waals surface area (Å²) in [6.45, 7) is 4.61. The number of hydrogen-bond donors (Lipinski definition) is 1. The Hall–Kier alpha value is -2.34. The molecule has 0 bridgehead atoms. The normalized spacial score (nSPS) is 13.7. The van der Waals surface area contributed by atoms with Crippen molar-refractivity contribution in [1.29, 1.82) is 0 Å². The third kappa shape index (κ3) is 2.78. The number of fused-ring (bicyclic) bond motifs is 1. The molecule has 1 aliphatic heterocycles. The molecular formula is C18H20N2O3S. The number of nitrogens with one attached hydrogen (secondary N) is 1. The smallest absolute Gasteiger partial charge is 0.264 e. The van der Waals surface area contributed by atoms with Gasteiger partial charge in [0.1, 0.15) is 0 Å². The fourth-order valence-electron chi connectivity index (χ4n) is 3.03. The van der Waals surface area contributed by atoms with Crippen LogP contribution in [0.1, 0.15) is 28.4 Å². The number of hydrogen-bond acceptors (Lipinski definition) is 3. The van der Waals surface area contributed by atoms with Crippen LogP contribution in [0.5, 0.6) is 0 Å². The van der Waals surface area contributed by atoms with Crippen LogP contribution in [0.25, 0.3) is 0 Å². The second kappa shape index (κ2) is 6.28. The summed E-state index contributed by atoms with van der Waals surface area (Å²) in [7, 11) is -3.63. The van der Waals surface area contributed by atoms with Gasteiger partial charge in [-0.3, -0.25) is 9.10 Å². The molecule has 1 N–H and O–H groups in total. The molecule has 2 aromatic rings. The van der Waals surface area contributed by atoms with Gasteiger partial charge in [-0.2, -0.15) is 0 Å². The maximum Gasteiger partial charge on any atom is 0.264 e. The first kappa shape index (κ1) is 16.5. The Morgan fingerprint density at radius 3 is 2.67 bits per heavy atom. The Morgan fingerprint density at radius 1 is 1.21 bits per heavy atom. The molecule has 0 atom stereocenters. The lowest BCUT2D eigenvalue weighted by Crippen LogP contribution is -2.29. The van der Waals surface area contributed by atoms with Crippen molar-refractivity contribution in [3.05, 3.63) is 59.2 Å². The predicted molar refractivity (Wildman–Crippen MR) is 93.9 cm³/mol. The van der Waals surface area contributed by atoms with Gasteiger partial charge in [0, 0.05) is 18.7 Å². The summed E-state index contributed by atoms with van der Waals surface area (Å²) < 4.78 is 27.4. The topological polar surface area (TPSA) is 66.5 Å². The molecule has 24 heavy (non-hydrogen) atoms. The highest BCUT2D eigenvalue weighted by Gasteiger charge is 2.33. The van der Waals surface area contributed by atoms with Gasteiger partial charge in [-0.05, 0) is 55.7 Å². The van der Waals surface area contributed by atoms with Gasteiger partial charge in [0.2, 0.25) is 0 Å². The lowest BCUT2D eigenvalue weighted by molar-refractivity contribution is 0.0955. The number of nitrogens with zero attached hydrogens (tertiary/aromatic N) is 1. The molecule has 1 aliphatic rings. The highest BCUT2D eigenvalue weighted by Crippen LogP contribution is 2.35. The molecule has 0 aliphatic carbocycles. The van der Waals surface area contributed by atoms with E-state index in [4.69, 9.17) is 0 Å². The summed E-state index contributed by atoms with van der Waals surface area (Å²) in [5.74, 6) is -0.163. The summed E-state index contributed by atoms with van der Waals surface area (Å²) in [4.78, 5) is 12.5. The van der Waals surface area contributed by atoms with Crippen molar-refractivity contribution in [2.45, 2.75) is 25.2 Å². The molecule has 0 spiro atoms. The Kier molecular flexibility index (Phi) is 4.32. The van der Waals surface area contributed by atoms with Gasteiger partial charge in [-0.1, -0.05) is 18.2 Å². The lowest BCUT2D eigenvalue weighted by Gasteiger charge is -2.20. The quantitative estimate of drug-likeness (QED) is 0.927. The van der Waals surface area contributed by atoms with Crippen molar-refractivity contribution in [1.82, 2.24) is 5.32 Å². The van der Waals surface area contributed by atoms with Crippen molar-refractivity contribution < 1.29 is 13.2 Å². The molecule has 5 nitrogen and oxygen atoms in total. The SMILES string of the molecule is CCNC(=O)c1cccc2c1CCN2S(=O)(=O)c1cccc(C)c1. The van der Waals surface area contributed by atoms with E-state index in [1.54, 1.807) is 36.4 Å². The van der Waals surface area contributed by atoms with Crippen molar-refractivity contribution >= 4 is 21.6 Å². The summed E-state index contributed by atoms with van der Waals surface area (Å²) in [6, 6.07) is 12.1. The van der Waals surface area contributed by atoms with Crippen molar-refractivity contribution in [3.63, 3.8) is 0 Å². The molecule has 0 unspecified atom stereocenters. The fraction of sp³-hybridized carbons (Fsp3) is 0.278. The van der Waals surface area contributed by atoms with Gasteiger partial charge >= 0.3 is 0 Å². The number of anilines is 1. The van der Waals surface area contributed by atoms with Crippen LogP contribution in [0.4, 0.5) is 5.69 Å². The third-order valence-corrected chi connectivity index (χ3v) is 5.95. The van der Waals surface area contributed by atoms with Crippen LogP contribution in [-0.4, -0.2) is 27.4 Å². The van der Waals surface area contributed by atoms with Crippen LogP contribution in [0.3, 0.4) is 0 Å². The van der Waals surface area contributed by atoms with Gasteiger partial charge in [0.25, 0.3) is 15.9 Å². The first-order valence-electron chi connectivity index (χ1n) is 7.94. The fourth-order valence-corrected chi connectivity index (χ4v) is 4.63. The van der Waals surface area contributed by atoms with E-state index in [0.29, 0.717) is 30.8 Å². The van der Waals surface area contributed by atoms with Crippen LogP contribution in [-0.2, 0) is 16.4 Å². The van der Waals surface area contributed by atoms with E-state index in [9.17, 15) is 13.2 Å². The summed E-state index contributed by atoms with van der Waals surface area (Å²) in [5, 5.41) is 2.78. The van der Waals surface area contributed by atoms with Crippen LogP contribution >= 0.6 is 0 Å². The van der Waals surface area contributed by atoms with Gasteiger partial charge in [0.05, 0.1) is 10.6 Å². The Balaban J connectivity index is 2.04. The molecule has 3 rings (SSSR count). The molecule has 1 heterocycles. The molecule has 1 amide bonds. The summed E-state index contributed by atoms with van der Waals surface area (Å²) in [5.41, 5.74) is 2.84. The summed E-state index contributed by atoms with van der Waals surface area (Å²) >= 11 is 0. The zero-order valence-corrected chi connectivity index (χ0v) is 14.6. The highest BCUT2D eigenvalue weighted by molar-refractivity contribution is 7.92. The van der Waals surface area contributed by atoms with E-state index in [2.05, 4.69) is 5.32 Å². The number of amides is 1. The second-order valence-corrected chi connectivity index (χ2v) is 7.67. The zero-order valence-electron chi connectivity index (χ0n) is 13.7. The first-order valence-corrected chi connectivity index (χ1v) is 9.38. The molecule has 126 valence electrons. The minimum atomic E-state index is -3.63. The number of carbonyl (C=O) groups is 1. The standard InChI is InChI=1S/C18H20N2O3S/c1-3-19-18(21)16-8-5-9-17-15(16)10-11-20(17)24(22,23)14-7-4-6-13(2)12-14/h4-9,12H,3,10-11H2,1-2H3,(H,19,21). The number of aryl methyl sites for hydroxylation is 1. The van der Waals surface area contributed by atoms with Crippen molar-refractivity contribution in [3.8, 4) is 0 Å². The Labute approximate surface area is 142 Å². The molecule has 0 saturated heterocycles. The minimum Gasteiger partial charge on any atom is -0.352 e. The largest absolute Gasteiger partial charge is 0.352 e. The van der Waals surface area contributed by atoms with E-state index >= 15 is 0 Å². The van der Waals surface area contributed by atoms with Gasteiger partial charge in [-0.15, -0.1) is 0 Å². The molecule has 0 saturated carbocycles. The maximum absolute atomic E-state index is 13.0. The van der Waals surface area contributed by atoms with Gasteiger partial charge in [-0.25, -0.2) is 8.42 Å². The van der Waals surface area contributed by atoms with E-state index in [-0.39, 0.29) is 10.8 Å². The van der Waals surface area contributed by atoms with Crippen LogP contribution < -0.4 is 9.62 Å². The second-order valence-electron chi connectivity index (χ2n) is 5.81. The van der Waals surface area contributed by atoms with Crippen LogP contribution in [0.2, 0.25) is 0 Å². The number of rotatable bonds is 4. The number of carbonyl (C=O) groups excluding carboxylic acids is 1. The summed E-state index contributed by atoms with van der Waals surface area (Å²) in [6.07, 6.45) is 0.535. The van der Waals surface area contributed by atoms with E-state index < -0.39 is 10.0 Å². The minimum absolute atomic E-state index is 0.163. The first-order chi connectivity index (χ1) is 11.4. The van der Waals surface area contributed by atoms with Crippen molar-refractivity contribution in [2.75, 3.05) is 17.4 Å². The lowest BCUT2D eigenvalue weighted by atomic mass is 10.0. The third-order valence-electron chi connectivity index (χ3n) is 4.14. The van der Waals surface area contributed by atoms with Crippen LogP contribution in [0, 0.1) is 6.92 Å². The molecule has 0 aromatic heterocycles. The molecule has 0 fully saturated rings. The average molecular weight is 344 g/mol. The van der Waals surface area contributed by atoms with Gasteiger partial charge in [0.15, 0.2) is 0 Å². The maximum atomic E-state index is 13.0. The van der Waals surface area contributed by atoms with Crippen molar-refractivity contribution in [2.24, 2.45) is 0 Å². The van der Waals surface area contributed by atoms with E-state index in [1.807, 2.05) is 19.9 Å². The molecule has 2 aromatic carbocycles. The van der Waals surface area contributed by atoms with E-state index in [0.717, 1.165) is 11.1 Å².